The van der Waals surface area contributed by atoms with Crippen LogP contribution in [0.25, 0.3) is 0 Å². The van der Waals surface area contributed by atoms with Crippen LogP contribution in [0, 0.1) is 11.3 Å². The van der Waals surface area contributed by atoms with Gasteiger partial charge in [0, 0.05) is 32.2 Å². The van der Waals surface area contributed by atoms with Crippen molar-refractivity contribution in [2.45, 2.75) is 36.6 Å². The fraction of sp³-hybridized carbons (Fsp3) is 0.529. The van der Waals surface area contributed by atoms with Crippen LogP contribution in [0.5, 0.6) is 0 Å². The third-order valence-electron chi connectivity index (χ3n) is 4.83. The number of carbonyl (C=O) groups excluding carboxylic acids is 1. The molecule has 0 radical (unpaired) electrons. The highest BCUT2D eigenvalue weighted by Gasteiger charge is 2.30. The summed E-state index contributed by atoms with van der Waals surface area (Å²) in [5, 5.41) is 11.8. The first-order valence-electron chi connectivity index (χ1n) is 8.56. The Labute approximate surface area is 148 Å². The first-order valence-corrected chi connectivity index (χ1v) is 10.0. The Balaban J connectivity index is 1.58. The molecule has 0 atom stereocenters. The van der Waals surface area contributed by atoms with E-state index in [0.29, 0.717) is 18.7 Å². The Morgan fingerprint density at radius 2 is 1.68 bits per heavy atom. The molecular weight excluding hydrogens is 340 g/mol. The van der Waals surface area contributed by atoms with Crippen LogP contribution < -0.4 is 5.32 Å². The Morgan fingerprint density at radius 3 is 2.24 bits per heavy atom. The lowest BCUT2D eigenvalue weighted by Crippen LogP contribution is -2.54. The molecule has 1 heterocycles. The lowest BCUT2D eigenvalue weighted by Gasteiger charge is -2.34. The van der Waals surface area contributed by atoms with E-state index in [1.54, 1.807) is 4.90 Å². The number of carbonyl (C=O) groups is 1. The molecule has 0 bridgehead atoms. The molecule has 134 valence electrons. The number of nitriles is 1. The van der Waals surface area contributed by atoms with E-state index in [0.717, 1.165) is 25.7 Å². The molecule has 3 rings (SSSR count). The van der Waals surface area contributed by atoms with Crippen molar-refractivity contribution in [2.24, 2.45) is 0 Å². The van der Waals surface area contributed by atoms with E-state index in [1.165, 1.54) is 28.6 Å². The van der Waals surface area contributed by atoms with Crippen molar-refractivity contribution in [2.75, 3.05) is 26.2 Å². The number of hydrogen-bond donors (Lipinski definition) is 1. The summed E-state index contributed by atoms with van der Waals surface area (Å²) in [5.74, 6) is 0. The van der Waals surface area contributed by atoms with Gasteiger partial charge in [0.05, 0.1) is 16.5 Å². The van der Waals surface area contributed by atoms with Gasteiger partial charge in [-0.2, -0.15) is 9.57 Å². The highest BCUT2D eigenvalue weighted by Crippen LogP contribution is 2.20. The zero-order chi connectivity index (χ0) is 17.9. The second-order valence-electron chi connectivity index (χ2n) is 6.46. The van der Waals surface area contributed by atoms with Gasteiger partial charge in [0.1, 0.15) is 0 Å². The summed E-state index contributed by atoms with van der Waals surface area (Å²) in [5.41, 5.74) is 0.423. The van der Waals surface area contributed by atoms with E-state index < -0.39 is 10.0 Å². The van der Waals surface area contributed by atoms with Gasteiger partial charge in [0.2, 0.25) is 10.0 Å². The molecule has 1 saturated carbocycles. The number of nitrogens with one attached hydrogen (secondary N) is 1. The van der Waals surface area contributed by atoms with E-state index in [-0.39, 0.29) is 30.1 Å². The largest absolute Gasteiger partial charge is 0.335 e. The molecule has 8 heteroatoms. The maximum atomic E-state index is 12.7. The second-order valence-corrected chi connectivity index (χ2v) is 8.40. The summed E-state index contributed by atoms with van der Waals surface area (Å²) < 4.78 is 26.7. The molecule has 25 heavy (non-hydrogen) atoms. The second kappa shape index (κ2) is 7.42. The number of hydrogen-bond acceptors (Lipinski definition) is 4. The molecule has 0 aromatic heterocycles. The van der Waals surface area contributed by atoms with E-state index in [2.05, 4.69) is 5.32 Å². The number of nitrogens with zero attached hydrogens (tertiary/aromatic N) is 3. The maximum absolute atomic E-state index is 12.7. The predicted octanol–water partition coefficient (Wildman–Crippen LogP) is 1.52. The van der Waals surface area contributed by atoms with E-state index >= 15 is 0 Å². The van der Waals surface area contributed by atoms with E-state index in [4.69, 9.17) is 5.26 Å². The highest BCUT2D eigenvalue weighted by atomic mass is 32.2. The van der Waals surface area contributed by atoms with Crippen LogP contribution in [-0.2, 0) is 10.0 Å². The fourth-order valence-corrected chi connectivity index (χ4v) is 4.74. The number of piperazine rings is 1. The van der Waals surface area contributed by atoms with Crippen LogP contribution >= 0.6 is 0 Å². The molecule has 2 aliphatic rings. The molecule has 1 N–H and O–H groups in total. The van der Waals surface area contributed by atoms with Gasteiger partial charge in [-0.1, -0.05) is 12.8 Å². The standard InChI is InChI=1S/C17H22N4O3S/c18-13-14-5-7-16(8-6-14)25(23,24)21-11-9-20(10-12-21)17(22)19-15-3-1-2-4-15/h5-8,15H,1-4,9-12H2,(H,19,22). The number of urea groups is 1. The molecular formula is C17H22N4O3S. The third-order valence-corrected chi connectivity index (χ3v) is 6.74. The Morgan fingerprint density at radius 1 is 1.08 bits per heavy atom. The number of rotatable bonds is 3. The lowest BCUT2D eigenvalue weighted by atomic mass is 10.2. The van der Waals surface area contributed by atoms with Crippen LogP contribution in [0.2, 0.25) is 0 Å². The van der Waals surface area contributed by atoms with Crippen molar-refractivity contribution in [3.63, 3.8) is 0 Å². The van der Waals surface area contributed by atoms with Gasteiger partial charge in [-0.05, 0) is 37.1 Å². The maximum Gasteiger partial charge on any atom is 0.317 e. The summed E-state index contributed by atoms with van der Waals surface area (Å²) in [7, 11) is -3.59. The molecule has 1 saturated heterocycles. The molecule has 1 aromatic rings. The van der Waals surface area contributed by atoms with Crippen molar-refractivity contribution in [3.8, 4) is 6.07 Å². The van der Waals surface area contributed by atoms with Gasteiger partial charge < -0.3 is 10.2 Å². The van der Waals surface area contributed by atoms with Crippen molar-refractivity contribution in [1.82, 2.24) is 14.5 Å². The normalized spacial score (nSPS) is 19.6. The molecule has 0 spiro atoms. The van der Waals surface area contributed by atoms with Crippen LogP contribution in [-0.4, -0.2) is 55.9 Å². The van der Waals surface area contributed by atoms with Crippen molar-refractivity contribution < 1.29 is 13.2 Å². The number of benzene rings is 1. The Kier molecular flexibility index (Phi) is 5.25. The van der Waals surface area contributed by atoms with Gasteiger partial charge in [0.25, 0.3) is 0 Å². The number of amides is 2. The summed E-state index contributed by atoms with van der Waals surface area (Å²) in [6.45, 7) is 1.32. The number of sulfonamides is 1. The van der Waals surface area contributed by atoms with Crippen LogP contribution in [0.4, 0.5) is 4.79 Å². The molecule has 1 aromatic carbocycles. The van der Waals surface area contributed by atoms with Crippen LogP contribution in [0.1, 0.15) is 31.2 Å². The first-order chi connectivity index (χ1) is 12.0. The SMILES string of the molecule is N#Cc1ccc(S(=O)(=O)N2CCN(C(=O)NC3CCCC3)CC2)cc1. The van der Waals surface area contributed by atoms with Crippen LogP contribution in [0.3, 0.4) is 0 Å². The van der Waals surface area contributed by atoms with Gasteiger partial charge in [-0.3, -0.25) is 0 Å². The molecule has 2 amide bonds. The smallest absolute Gasteiger partial charge is 0.317 e. The van der Waals surface area contributed by atoms with Crippen LogP contribution in [0.15, 0.2) is 29.2 Å². The highest BCUT2D eigenvalue weighted by molar-refractivity contribution is 7.89. The molecule has 0 unspecified atom stereocenters. The van der Waals surface area contributed by atoms with Gasteiger partial charge in [0.15, 0.2) is 0 Å². The van der Waals surface area contributed by atoms with Crippen molar-refractivity contribution in [3.05, 3.63) is 29.8 Å². The minimum absolute atomic E-state index is 0.0951. The summed E-state index contributed by atoms with van der Waals surface area (Å²) in [6, 6.07) is 8.03. The minimum Gasteiger partial charge on any atom is -0.335 e. The first kappa shape index (κ1) is 17.7. The molecule has 1 aliphatic heterocycles. The van der Waals surface area contributed by atoms with Gasteiger partial charge in [-0.25, -0.2) is 13.2 Å². The van der Waals surface area contributed by atoms with Gasteiger partial charge >= 0.3 is 6.03 Å². The topological polar surface area (TPSA) is 93.5 Å². The van der Waals surface area contributed by atoms with Crippen molar-refractivity contribution >= 4 is 16.1 Å². The molecule has 2 fully saturated rings. The fourth-order valence-electron chi connectivity index (χ4n) is 3.32. The van der Waals surface area contributed by atoms with Gasteiger partial charge in [-0.15, -0.1) is 0 Å². The molecule has 1 aliphatic carbocycles. The lowest BCUT2D eigenvalue weighted by molar-refractivity contribution is 0.169. The minimum atomic E-state index is -3.59. The average molecular weight is 362 g/mol. The zero-order valence-corrected chi connectivity index (χ0v) is 14.8. The van der Waals surface area contributed by atoms with Crippen molar-refractivity contribution in [1.29, 1.82) is 5.26 Å². The summed E-state index contributed by atoms with van der Waals surface area (Å²) >= 11 is 0. The summed E-state index contributed by atoms with van der Waals surface area (Å²) in [4.78, 5) is 14.1. The Bertz CT molecular complexity index is 756. The molecule has 7 nitrogen and oxygen atoms in total. The summed E-state index contributed by atoms with van der Waals surface area (Å²) in [6.07, 6.45) is 4.36. The predicted molar refractivity (Wildman–Crippen MR) is 92.3 cm³/mol. The van der Waals surface area contributed by atoms with E-state index in [1.807, 2.05) is 6.07 Å². The van der Waals surface area contributed by atoms with E-state index in [9.17, 15) is 13.2 Å². The Hall–Kier alpha value is -2.11. The third kappa shape index (κ3) is 3.94. The average Bonchev–Trinajstić information content (AvgIpc) is 3.15. The quantitative estimate of drug-likeness (QED) is 0.882. The monoisotopic (exact) mass is 362 g/mol. The zero-order valence-electron chi connectivity index (χ0n) is 14.0.